The summed E-state index contributed by atoms with van der Waals surface area (Å²) >= 11 is 0. The highest BCUT2D eigenvalue weighted by Crippen LogP contribution is 2.40. The Kier molecular flexibility index (Phi) is 5.78. The van der Waals surface area contributed by atoms with Crippen LogP contribution in [0.2, 0.25) is 0 Å². The van der Waals surface area contributed by atoms with E-state index in [-0.39, 0.29) is 0 Å². The fraction of sp³-hybridized carbons (Fsp3) is 0.0750. The minimum Gasteiger partial charge on any atom is -0.313 e. The lowest BCUT2D eigenvalue weighted by Gasteiger charge is -2.13. The molecule has 5 aromatic carbocycles. The topological polar surface area (TPSA) is 48.5 Å². The van der Waals surface area contributed by atoms with Crippen molar-refractivity contribution in [1.29, 1.82) is 0 Å². The lowest BCUT2D eigenvalue weighted by molar-refractivity contribution is 0.888. The van der Waals surface area contributed by atoms with E-state index in [2.05, 4.69) is 113 Å². The lowest BCUT2D eigenvalue weighted by atomic mass is 10.0. The van der Waals surface area contributed by atoms with Gasteiger partial charge in [-0.15, -0.1) is 0 Å². The first-order valence-electron chi connectivity index (χ1n) is 15.4. The third-order valence-corrected chi connectivity index (χ3v) is 8.89. The standard InChI is InChI=1S/C40H29N5/c1-26-21-22-31-33-24-32-30-19-11-12-20-34(30)44(29-17-9-4-10-18-29)36(32)25-37(33)45(35(31)23-26)40-42-38(27-13-5-2-6-14-27)41-39(43-40)28-15-7-3-8-16-28/h2-11,13-19,21-25H,12,20H2,1H3. The number of nitrogens with zero attached hydrogens (tertiary/aromatic N) is 5. The monoisotopic (exact) mass is 579 g/mol. The summed E-state index contributed by atoms with van der Waals surface area (Å²) in [5, 5.41) is 3.64. The van der Waals surface area contributed by atoms with E-state index < -0.39 is 0 Å². The number of aryl methyl sites for hydroxylation is 1. The predicted octanol–water partition coefficient (Wildman–Crippen LogP) is 9.51. The molecule has 3 aromatic heterocycles. The Morgan fingerprint density at radius 3 is 1.87 bits per heavy atom. The third-order valence-electron chi connectivity index (χ3n) is 8.89. The molecule has 45 heavy (non-hydrogen) atoms. The van der Waals surface area contributed by atoms with Gasteiger partial charge in [0.05, 0.1) is 16.6 Å². The molecule has 3 heterocycles. The van der Waals surface area contributed by atoms with Crippen LogP contribution in [0.15, 0.2) is 127 Å². The molecule has 1 aliphatic carbocycles. The van der Waals surface area contributed by atoms with Gasteiger partial charge in [0.2, 0.25) is 5.95 Å². The Morgan fingerprint density at radius 2 is 1.18 bits per heavy atom. The largest absolute Gasteiger partial charge is 0.313 e. The van der Waals surface area contributed by atoms with Gasteiger partial charge < -0.3 is 4.57 Å². The molecule has 0 atom stereocenters. The number of rotatable bonds is 4. The average molecular weight is 580 g/mol. The van der Waals surface area contributed by atoms with Crippen molar-refractivity contribution in [2.45, 2.75) is 19.8 Å². The highest BCUT2D eigenvalue weighted by Gasteiger charge is 2.23. The van der Waals surface area contributed by atoms with Gasteiger partial charge in [0.1, 0.15) is 0 Å². The van der Waals surface area contributed by atoms with Gasteiger partial charge in [-0.3, -0.25) is 4.57 Å². The first kappa shape index (κ1) is 25.7. The van der Waals surface area contributed by atoms with Crippen LogP contribution >= 0.6 is 0 Å². The van der Waals surface area contributed by atoms with Crippen LogP contribution in [0.25, 0.3) is 73.2 Å². The minimum atomic E-state index is 0.607. The van der Waals surface area contributed by atoms with Gasteiger partial charge in [0.15, 0.2) is 11.6 Å². The van der Waals surface area contributed by atoms with Crippen LogP contribution < -0.4 is 0 Å². The smallest absolute Gasteiger partial charge is 0.238 e. The molecule has 214 valence electrons. The molecule has 0 saturated heterocycles. The molecule has 9 rings (SSSR count). The van der Waals surface area contributed by atoms with Gasteiger partial charge in [0, 0.05) is 44.2 Å². The molecule has 1 aliphatic rings. The summed E-state index contributed by atoms with van der Waals surface area (Å²) < 4.78 is 4.67. The summed E-state index contributed by atoms with van der Waals surface area (Å²) in [5.74, 6) is 1.91. The Labute approximate surface area is 260 Å². The first-order chi connectivity index (χ1) is 22.2. The molecule has 8 aromatic rings. The van der Waals surface area contributed by atoms with E-state index in [9.17, 15) is 0 Å². The van der Waals surface area contributed by atoms with E-state index in [1.807, 2.05) is 36.4 Å². The molecule has 0 aliphatic heterocycles. The van der Waals surface area contributed by atoms with E-state index in [1.54, 1.807) is 0 Å². The van der Waals surface area contributed by atoms with Crippen molar-refractivity contribution in [1.82, 2.24) is 24.1 Å². The normalized spacial score (nSPS) is 12.7. The molecule has 0 N–H and O–H groups in total. The number of hydrogen-bond acceptors (Lipinski definition) is 3. The fourth-order valence-electron chi connectivity index (χ4n) is 6.82. The first-order valence-corrected chi connectivity index (χ1v) is 15.4. The molecule has 5 heteroatoms. The summed E-state index contributed by atoms with van der Waals surface area (Å²) in [6, 6.07) is 42.4. The van der Waals surface area contributed by atoms with Crippen LogP contribution in [0.1, 0.15) is 23.2 Å². The minimum absolute atomic E-state index is 0.607. The van der Waals surface area contributed by atoms with Gasteiger partial charge in [0.25, 0.3) is 0 Å². The van der Waals surface area contributed by atoms with Gasteiger partial charge in [-0.05, 0) is 55.7 Å². The van der Waals surface area contributed by atoms with E-state index in [4.69, 9.17) is 15.0 Å². The molecule has 0 spiro atoms. The molecule has 5 nitrogen and oxygen atoms in total. The molecule has 0 radical (unpaired) electrons. The number of allylic oxidation sites excluding steroid dienone is 1. The predicted molar refractivity (Wildman–Crippen MR) is 184 cm³/mol. The second kappa shape index (κ2) is 10.1. The third kappa shape index (κ3) is 4.12. The van der Waals surface area contributed by atoms with Crippen molar-refractivity contribution in [2.75, 3.05) is 0 Å². The lowest BCUT2D eigenvalue weighted by Crippen LogP contribution is -2.06. The van der Waals surface area contributed by atoms with Gasteiger partial charge in [-0.2, -0.15) is 9.97 Å². The van der Waals surface area contributed by atoms with Crippen molar-refractivity contribution in [2.24, 2.45) is 0 Å². The summed E-state index contributed by atoms with van der Waals surface area (Å²) in [6.45, 7) is 2.14. The molecule has 0 amide bonds. The molecule has 0 bridgehead atoms. The van der Waals surface area contributed by atoms with Crippen LogP contribution in [0.3, 0.4) is 0 Å². The van der Waals surface area contributed by atoms with E-state index in [0.29, 0.717) is 17.6 Å². The molecular weight excluding hydrogens is 550 g/mol. The van der Waals surface area contributed by atoms with Crippen molar-refractivity contribution >= 4 is 38.8 Å². The van der Waals surface area contributed by atoms with E-state index >= 15 is 0 Å². The summed E-state index contributed by atoms with van der Waals surface area (Å²) in [6.07, 6.45) is 6.66. The van der Waals surface area contributed by atoms with Crippen LogP contribution in [-0.2, 0) is 6.42 Å². The van der Waals surface area contributed by atoms with E-state index in [1.165, 1.54) is 44.2 Å². The van der Waals surface area contributed by atoms with Crippen LogP contribution in [0.4, 0.5) is 0 Å². The Morgan fingerprint density at radius 1 is 0.556 bits per heavy atom. The quantitative estimate of drug-likeness (QED) is 0.209. The molecule has 0 saturated carbocycles. The van der Waals surface area contributed by atoms with Crippen molar-refractivity contribution in [3.63, 3.8) is 0 Å². The zero-order chi connectivity index (χ0) is 29.9. The summed E-state index contributed by atoms with van der Waals surface area (Å²) in [7, 11) is 0. The van der Waals surface area contributed by atoms with Gasteiger partial charge in [-0.25, -0.2) is 4.98 Å². The highest BCUT2D eigenvalue weighted by molar-refractivity contribution is 6.14. The van der Waals surface area contributed by atoms with Crippen molar-refractivity contribution in [3.8, 4) is 34.4 Å². The average Bonchev–Trinajstić information content (AvgIpc) is 3.59. The maximum atomic E-state index is 5.15. The van der Waals surface area contributed by atoms with Gasteiger partial charge in [-0.1, -0.05) is 103 Å². The zero-order valence-electron chi connectivity index (χ0n) is 24.9. The molecular formula is C40H29N5. The number of fused-ring (bicyclic) bond motifs is 6. The Balaban J connectivity index is 1.41. The second-order valence-corrected chi connectivity index (χ2v) is 11.7. The second-order valence-electron chi connectivity index (χ2n) is 11.7. The number of para-hydroxylation sites is 1. The maximum absolute atomic E-state index is 5.15. The summed E-state index contributed by atoms with van der Waals surface area (Å²) in [5.41, 5.74) is 10.3. The zero-order valence-corrected chi connectivity index (χ0v) is 24.9. The Bertz CT molecular complexity index is 2360. The molecule has 0 unspecified atom stereocenters. The van der Waals surface area contributed by atoms with Crippen molar-refractivity contribution in [3.05, 3.63) is 144 Å². The van der Waals surface area contributed by atoms with Crippen LogP contribution in [0, 0.1) is 6.92 Å². The van der Waals surface area contributed by atoms with Crippen LogP contribution in [-0.4, -0.2) is 24.1 Å². The number of hydrogen-bond donors (Lipinski definition) is 0. The number of aromatic nitrogens is 5. The Hall–Kier alpha value is -5.81. The van der Waals surface area contributed by atoms with Crippen molar-refractivity contribution < 1.29 is 0 Å². The highest BCUT2D eigenvalue weighted by atomic mass is 15.2. The fourth-order valence-corrected chi connectivity index (χ4v) is 6.82. The number of benzene rings is 5. The SMILES string of the molecule is Cc1ccc2c3cc4c5c(n(-c6ccccc6)c4cc3n(-c3nc(-c4ccccc4)nc(-c4ccccc4)n3)c2c1)CCC=C5. The van der Waals surface area contributed by atoms with E-state index in [0.717, 1.165) is 35.0 Å². The van der Waals surface area contributed by atoms with Gasteiger partial charge >= 0.3 is 0 Å². The van der Waals surface area contributed by atoms with Crippen LogP contribution in [0.5, 0.6) is 0 Å². The molecule has 0 fully saturated rings. The summed E-state index contributed by atoms with van der Waals surface area (Å²) in [4.78, 5) is 15.3. The maximum Gasteiger partial charge on any atom is 0.238 e.